The van der Waals surface area contributed by atoms with Crippen molar-refractivity contribution in [2.45, 2.75) is 31.6 Å². The highest BCUT2D eigenvalue weighted by Gasteiger charge is 2.43. The minimum Gasteiger partial charge on any atom is -0.211 e. The Morgan fingerprint density at radius 1 is 1.33 bits per heavy atom. The van der Waals surface area contributed by atoms with Gasteiger partial charge in [0.05, 0.1) is 6.54 Å². The zero-order valence-corrected chi connectivity index (χ0v) is 8.99. The summed E-state index contributed by atoms with van der Waals surface area (Å²) in [5.41, 5.74) is 2.83. The van der Waals surface area contributed by atoms with Crippen LogP contribution in [0.4, 0.5) is 0 Å². The molecule has 0 radical (unpaired) electrons. The van der Waals surface area contributed by atoms with E-state index in [0.717, 1.165) is 19.3 Å². The first-order chi connectivity index (χ1) is 7.30. The Bertz CT molecular complexity index is 384. The smallest absolute Gasteiger partial charge is 0.211 e. The van der Waals surface area contributed by atoms with Crippen LogP contribution in [0, 0.1) is 0 Å². The Balaban J connectivity index is 2.18. The molecule has 78 valence electrons. The second-order valence-corrected chi connectivity index (χ2v) is 4.24. The van der Waals surface area contributed by atoms with Gasteiger partial charge in [0.2, 0.25) is 6.08 Å². The van der Waals surface area contributed by atoms with E-state index < -0.39 is 0 Å². The molecule has 1 saturated carbocycles. The Morgan fingerprint density at radius 3 is 2.47 bits per heavy atom. The summed E-state index contributed by atoms with van der Waals surface area (Å²) in [7, 11) is 0. The van der Waals surface area contributed by atoms with Crippen LogP contribution in [0.2, 0.25) is 0 Å². The molecule has 1 aromatic rings. The lowest BCUT2D eigenvalue weighted by atomic mass is 9.95. The monoisotopic (exact) mass is 201 g/mol. The Kier molecular flexibility index (Phi) is 2.70. The fourth-order valence-corrected chi connectivity index (χ4v) is 1.97. The molecule has 1 aliphatic rings. The second-order valence-electron chi connectivity index (χ2n) is 4.24. The number of hydrogen-bond donors (Lipinski definition) is 0. The lowest BCUT2D eigenvalue weighted by molar-refractivity contribution is 0.559. The average molecular weight is 201 g/mol. The third-order valence-electron chi connectivity index (χ3n) is 3.27. The molecule has 0 atom stereocenters. The van der Waals surface area contributed by atoms with Gasteiger partial charge in [-0.2, -0.15) is 0 Å². The molecule has 2 rings (SSSR count). The lowest BCUT2D eigenvalue weighted by Gasteiger charge is -2.12. The molecule has 1 fully saturated rings. The minimum atomic E-state index is 0.156. The molecule has 0 aliphatic heterocycles. The minimum absolute atomic E-state index is 0.156. The maximum absolute atomic E-state index is 10.1. The van der Waals surface area contributed by atoms with Crippen LogP contribution in [-0.2, 0) is 16.6 Å². The van der Waals surface area contributed by atoms with Gasteiger partial charge in [0, 0.05) is 5.41 Å². The summed E-state index contributed by atoms with van der Waals surface area (Å²) < 4.78 is 0. The highest BCUT2D eigenvalue weighted by Crippen LogP contribution is 2.48. The van der Waals surface area contributed by atoms with Crippen molar-refractivity contribution in [1.29, 1.82) is 0 Å². The quantitative estimate of drug-likeness (QED) is 0.544. The summed E-state index contributed by atoms with van der Waals surface area (Å²) >= 11 is 0. The highest BCUT2D eigenvalue weighted by molar-refractivity contribution is 5.38. The molecule has 0 aromatic heterocycles. The molecule has 0 amide bonds. The summed E-state index contributed by atoms with van der Waals surface area (Å²) in [6.07, 6.45) is 4.99. The summed E-state index contributed by atoms with van der Waals surface area (Å²) in [6, 6.07) is 8.68. The van der Waals surface area contributed by atoms with Gasteiger partial charge in [-0.05, 0) is 30.4 Å². The van der Waals surface area contributed by atoms with Crippen LogP contribution in [0.15, 0.2) is 29.3 Å². The Labute approximate surface area is 90.0 Å². The highest BCUT2D eigenvalue weighted by atomic mass is 16.1. The molecule has 1 aromatic carbocycles. The topological polar surface area (TPSA) is 29.4 Å². The van der Waals surface area contributed by atoms with E-state index in [-0.39, 0.29) is 5.41 Å². The molecule has 0 unspecified atom stereocenters. The molecule has 2 heteroatoms. The van der Waals surface area contributed by atoms with Crippen molar-refractivity contribution < 1.29 is 4.79 Å². The molecule has 0 spiro atoms. The predicted molar refractivity (Wildman–Crippen MR) is 59.7 cm³/mol. The van der Waals surface area contributed by atoms with Crippen LogP contribution >= 0.6 is 0 Å². The largest absolute Gasteiger partial charge is 0.234 e. The number of nitrogens with zero attached hydrogens (tertiary/aromatic N) is 1. The Morgan fingerprint density at radius 2 is 2.00 bits per heavy atom. The van der Waals surface area contributed by atoms with Gasteiger partial charge in [0.15, 0.2) is 0 Å². The Hall–Kier alpha value is -1.40. The first-order valence-corrected chi connectivity index (χ1v) is 5.44. The molecule has 2 nitrogen and oxygen atoms in total. The second kappa shape index (κ2) is 4.00. The molecule has 15 heavy (non-hydrogen) atoms. The van der Waals surface area contributed by atoms with Crippen molar-refractivity contribution in [3.05, 3.63) is 35.4 Å². The average Bonchev–Trinajstić information content (AvgIpc) is 3.08. The number of rotatable bonds is 4. The first kappa shape index (κ1) is 10.1. The number of hydrogen-bond acceptors (Lipinski definition) is 2. The van der Waals surface area contributed by atoms with Gasteiger partial charge in [0.25, 0.3) is 0 Å². The van der Waals surface area contributed by atoms with E-state index in [1.165, 1.54) is 11.1 Å². The zero-order chi connectivity index (χ0) is 10.7. The molecule has 0 N–H and O–H groups in total. The van der Waals surface area contributed by atoms with E-state index in [1.54, 1.807) is 6.08 Å². The van der Waals surface area contributed by atoms with Crippen LogP contribution in [-0.4, -0.2) is 12.6 Å². The van der Waals surface area contributed by atoms with E-state index in [2.05, 4.69) is 36.2 Å². The van der Waals surface area contributed by atoms with Gasteiger partial charge in [-0.25, -0.2) is 9.79 Å². The lowest BCUT2D eigenvalue weighted by Crippen LogP contribution is -2.10. The number of carbonyl (C=O) groups excluding carboxylic acids is 1. The number of benzene rings is 1. The first-order valence-electron chi connectivity index (χ1n) is 5.44. The van der Waals surface area contributed by atoms with Crippen LogP contribution in [0.1, 0.15) is 30.9 Å². The van der Waals surface area contributed by atoms with Gasteiger partial charge in [-0.1, -0.05) is 31.2 Å². The molecule has 0 heterocycles. The van der Waals surface area contributed by atoms with Crippen molar-refractivity contribution in [3.63, 3.8) is 0 Å². The van der Waals surface area contributed by atoms with Crippen LogP contribution in [0.25, 0.3) is 0 Å². The summed E-state index contributed by atoms with van der Waals surface area (Å²) in [4.78, 5) is 13.8. The molecule has 0 bridgehead atoms. The molecule has 0 saturated heterocycles. The molecule has 1 aliphatic carbocycles. The third-order valence-corrected chi connectivity index (χ3v) is 3.27. The maximum atomic E-state index is 10.1. The molecular weight excluding hydrogens is 186 g/mol. The summed E-state index contributed by atoms with van der Waals surface area (Å²) in [6.45, 7) is 2.75. The maximum Gasteiger partial charge on any atom is 0.234 e. The van der Waals surface area contributed by atoms with E-state index in [1.807, 2.05) is 0 Å². The van der Waals surface area contributed by atoms with Gasteiger partial charge >= 0.3 is 0 Å². The predicted octanol–water partition coefficient (Wildman–Crippen LogP) is 2.62. The zero-order valence-electron chi connectivity index (χ0n) is 8.99. The fraction of sp³-hybridized carbons (Fsp3) is 0.462. The van der Waals surface area contributed by atoms with Gasteiger partial charge in [0.1, 0.15) is 0 Å². The van der Waals surface area contributed by atoms with Gasteiger partial charge in [-0.15, -0.1) is 0 Å². The van der Waals surface area contributed by atoms with Crippen LogP contribution in [0.3, 0.4) is 0 Å². The van der Waals surface area contributed by atoms with E-state index in [4.69, 9.17) is 0 Å². The number of aryl methyl sites for hydroxylation is 1. The summed E-state index contributed by atoms with van der Waals surface area (Å²) in [5.74, 6) is 0. The van der Waals surface area contributed by atoms with Gasteiger partial charge < -0.3 is 0 Å². The SMILES string of the molecule is CCc1ccc(C2(CN=C=O)CC2)cc1. The van der Waals surface area contributed by atoms with Crippen LogP contribution in [0.5, 0.6) is 0 Å². The third kappa shape index (κ3) is 2.00. The normalized spacial score (nSPS) is 16.9. The van der Waals surface area contributed by atoms with Crippen molar-refractivity contribution in [2.24, 2.45) is 4.99 Å². The van der Waals surface area contributed by atoms with E-state index in [0.29, 0.717) is 6.54 Å². The fourth-order valence-electron chi connectivity index (χ4n) is 1.97. The van der Waals surface area contributed by atoms with Crippen LogP contribution < -0.4 is 0 Å². The van der Waals surface area contributed by atoms with Crippen molar-refractivity contribution in [1.82, 2.24) is 0 Å². The van der Waals surface area contributed by atoms with E-state index in [9.17, 15) is 4.79 Å². The van der Waals surface area contributed by atoms with Gasteiger partial charge in [-0.3, -0.25) is 0 Å². The standard InChI is InChI=1S/C13H15NO/c1-2-11-3-5-12(6-4-11)13(7-8-13)9-14-10-15/h3-6H,2,7-9H2,1H3. The van der Waals surface area contributed by atoms with E-state index >= 15 is 0 Å². The van der Waals surface area contributed by atoms with Crippen molar-refractivity contribution in [2.75, 3.05) is 6.54 Å². The summed E-state index contributed by atoms with van der Waals surface area (Å²) in [5, 5.41) is 0. The number of aliphatic imine (C=N–C) groups is 1. The molecular formula is C13H15NO. The van der Waals surface area contributed by atoms with Crippen molar-refractivity contribution >= 4 is 6.08 Å². The van der Waals surface area contributed by atoms with Crippen molar-refractivity contribution in [3.8, 4) is 0 Å². The number of isocyanates is 1.